The van der Waals surface area contributed by atoms with Crippen molar-refractivity contribution < 1.29 is 19.4 Å². The molecular formula is C11H10N4O4. The third kappa shape index (κ3) is 2.68. The second-order valence-electron chi connectivity index (χ2n) is 3.51. The Kier molecular flexibility index (Phi) is 3.42. The molecule has 0 bridgehead atoms. The van der Waals surface area contributed by atoms with Gasteiger partial charge in [-0.25, -0.2) is 14.6 Å². The number of hydrogen-bond donors (Lipinski definition) is 3. The smallest absolute Gasteiger partial charge is 0.413 e. The van der Waals surface area contributed by atoms with Gasteiger partial charge in [0.2, 0.25) is 0 Å². The molecule has 0 aromatic carbocycles. The molecule has 0 unspecified atom stereocenters. The van der Waals surface area contributed by atoms with Crippen LogP contribution in [0.3, 0.4) is 0 Å². The molecule has 3 N–H and O–H groups in total. The number of aromatic carboxylic acids is 1. The molecule has 0 spiro atoms. The standard InChI is InChI=1S/C11H10N4O4/c1-2-3-19-11(18)13-9-7-4-6(10(16)17)5-12-8(7)14-15-9/h2,4-5H,1,3H2,(H,16,17)(H2,12,13,14,15,18). The predicted molar refractivity (Wildman–Crippen MR) is 66.0 cm³/mol. The van der Waals surface area contributed by atoms with Crippen molar-refractivity contribution in [3.8, 4) is 0 Å². The average Bonchev–Trinajstić information content (AvgIpc) is 2.78. The summed E-state index contributed by atoms with van der Waals surface area (Å²) in [5.74, 6) is -0.893. The molecule has 98 valence electrons. The van der Waals surface area contributed by atoms with Crippen molar-refractivity contribution in [1.82, 2.24) is 15.2 Å². The topological polar surface area (TPSA) is 117 Å². The van der Waals surface area contributed by atoms with E-state index in [1.54, 1.807) is 0 Å². The molecule has 2 rings (SSSR count). The van der Waals surface area contributed by atoms with Crippen molar-refractivity contribution in [3.05, 3.63) is 30.5 Å². The molecule has 19 heavy (non-hydrogen) atoms. The van der Waals surface area contributed by atoms with Crippen molar-refractivity contribution in [1.29, 1.82) is 0 Å². The molecule has 0 fully saturated rings. The summed E-state index contributed by atoms with van der Waals surface area (Å²) in [5, 5.41) is 18.0. The first-order valence-electron chi connectivity index (χ1n) is 5.24. The maximum Gasteiger partial charge on any atom is 0.413 e. The molecule has 2 heterocycles. The monoisotopic (exact) mass is 262 g/mol. The number of carbonyl (C=O) groups is 2. The number of fused-ring (bicyclic) bond motifs is 1. The number of aromatic nitrogens is 3. The van der Waals surface area contributed by atoms with Crippen LogP contribution in [0.1, 0.15) is 10.4 Å². The first-order chi connectivity index (χ1) is 9.11. The van der Waals surface area contributed by atoms with Crippen LogP contribution in [0.2, 0.25) is 0 Å². The highest BCUT2D eigenvalue weighted by Crippen LogP contribution is 2.19. The molecule has 2 aromatic rings. The van der Waals surface area contributed by atoms with E-state index in [9.17, 15) is 9.59 Å². The number of carbonyl (C=O) groups excluding carboxylic acids is 1. The van der Waals surface area contributed by atoms with Crippen LogP contribution in [0.25, 0.3) is 11.0 Å². The Bertz CT molecular complexity index is 649. The fourth-order valence-corrected chi connectivity index (χ4v) is 1.38. The van der Waals surface area contributed by atoms with E-state index in [0.29, 0.717) is 11.0 Å². The van der Waals surface area contributed by atoms with E-state index in [4.69, 9.17) is 9.84 Å². The Hall–Kier alpha value is -2.90. The number of ether oxygens (including phenoxy) is 1. The number of nitrogens with zero attached hydrogens (tertiary/aromatic N) is 2. The maximum atomic E-state index is 11.4. The van der Waals surface area contributed by atoms with E-state index in [-0.39, 0.29) is 18.0 Å². The Balaban J connectivity index is 2.28. The predicted octanol–water partition coefficient (Wildman–Crippen LogP) is 1.39. The second kappa shape index (κ2) is 5.17. The van der Waals surface area contributed by atoms with Crippen LogP contribution in [0.15, 0.2) is 24.9 Å². The largest absolute Gasteiger partial charge is 0.478 e. The van der Waals surface area contributed by atoms with E-state index in [1.165, 1.54) is 18.3 Å². The maximum absolute atomic E-state index is 11.4. The summed E-state index contributed by atoms with van der Waals surface area (Å²) in [6.07, 6.45) is 1.91. The van der Waals surface area contributed by atoms with Gasteiger partial charge in [-0.1, -0.05) is 12.7 Å². The average molecular weight is 262 g/mol. The highest BCUT2D eigenvalue weighted by molar-refractivity contribution is 5.99. The third-order valence-electron chi connectivity index (χ3n) is 2.22. The van der Waals surface area contributed by atoms with Gasteiger partial charge < -0.3 is 9.84 Å². The molecule has 8 nitrogen and oxygen atoms in total. The minimum absolute atomic E-state index is 0.00333. The lowest BCUT2D eigenvalue weighted by Gasteiger charge is -2.03. The van der Waals surface area contributed by atoms with E-state index < -0.39 is 12.1 Å². The number of carboxylic acid groups (broad SMARTS) is 1. The van der Waals surface area contributed by atoms with Gasteiger partial charge in [0.25, 0.3) is 0 Å². The first-order valence-corrected chi connectivity index (χ1v) is 5.24. The first kappa shape index (κ1) is 12.6. The number of rotatable bonds is 4. The van der Waals surface area contributed by atoms with Crippen LogP contribution in [0.4, 0.5) is 10.6 Å². The number of pyridine rings is 1. The van der Waals surface area contributed by atoms with Crippen LogP contribution in [0.5, 0.6) is 0 Å². The number of hydrogen-bond acceptors (Lipinski definition) is 5. The zero-order valence-corrected chi connectivity index (χ0v) is 9.71. The minimum atomic E-state index is -1.12. The van der Waals surface area contributed by atoms with Crippen LogP contribution in [-0.2, 0) is 4.74 Å². The summed E-state index contributed by atoms with van der Waals surface area (Å²) < 4.78 is 4.74. The lowest BCUT2D eigenvalue weighted by Crippen LogP contribution is -2.14. The molecule has 0 aliphatic rings. The number of anilines is 1. The minimum Gasteiger partial charge on any atom is -0.478 e. The Morgan fingerprint density at radius 3 is 3.05 bits per heavy atom. The van der Waals surface area contributed by atoms with Gasteiger partial charge in [0.15, 0.2) is 5.65 Å². The summed E-state index contributed by atoms with van der Waals surface area (Å²) in [5.41, 5.74) is 0.292. The van der Waals surface area contributed by atoms with E-state index in [2.05, 4.69) is 27.1 Å². The normalized spacial score (nSPS) is 10.1. The molecule has 0 saturated heterocycles. The lowest BCUT2D eigenvalue weighted by atomic mass is 10.2. The molecular weight excluding hydrogens is 252 g/mol. The number of H-pyrrole nitrogens is 1. The molecule has 2 aromatic heterocycles. The summed E-state index contributed by atoms with van der Waals surface area (Å²) in [4.78, 5) is 26.1. The van der Waals surface area contributed by atoms with Gasteiger partial charge in [-0.15, -0.1) is 0 Å². The fourth-order valence-electron chi connectivity index (χ4n) is 1.38. The van der Waals surface area contributed by atoms with Crippen molar-refractivity contribution in [2.45, 2.75) is 0 Å². The summed E-state index contributed by atoms with van der Waals surface area (Å²) in [6, 6.07) is 1.36. The summed E-state index contributed by atoms with van der Waals surface area (Å²) in [6.45, 7) is 3.48. The highest BCUT2D eigenvalue weighted by atomic mass is 16.5. The molecule has 0 aliphatic heterocycles. The number of amides is 1. The SMILES string of the molecule is C=CCOC(=O)Nc1[nH]nc2ncc(C(=O)O)cc12. The van der Waals surface area contributed by atoms with Crippen molar-refractivity contribution in [2.24, 2.45) is 0 Å². The third-order valence-corrected chi connectivity index (χ3v) is 2.22. The lowest BCUT2D eigenvalue weighted by molar-refractivity contribution is 0.0696. The van der Waals surface area contributed by atoms with Crippen molar-refractivity contribution in [2.75, 3.05) is 11.9 Å². The Morgan fingerprint density at radius 2 is 2.37 bits per heavy atom. The van der Waals surface area contributed by atoms with Gasteiger partial charge in [0, 0.05) is 6.20 Å². The molecule has 0 saturated carbocycles. The van der Waals surface area contributed by atoms with Crippen LogP contribution >= 0.6 is 0 Å². The van der Waals surface area contributed by atoms with Gasteiger partial charge >= 0.3 is 12.1 Å². The molecule has 8 heteroatoms. The highest BCUT2D eigenvalue weighted by Gasteiger charge is 2.13. The quantitative estimate of drug-likeness (QED) is 0.717. The van der Waals surface area contributed by atoms with E-state index in [1.807, 2.05) is 0 Å². The fraction of sp³-hybridized carbons (Fsp3) is 0.0909. The van der Waals surface area contributed by atoms with Crippen LogP contribution in [0, 0.1) is 0 Å². The Labute approximate surface area is 107 Å². The van der Waals surface area contributed by atoms with Gasteiger partial charge in [-0.3, -0.25) is 10.4 Å². The number of nitrogens with one attached hydrogen (secondary N) is 2. The number of carboxylic acids is 1. The number of aromatic amines is 1. The van der Waals surface area contributed by atoms with Crippen molar-refractivity contribution >= 4 is 28.9 Å². The van der Waals surface area contributed by atoms with Crippen LogP contribution in [-0.4, -0.2) is 39.0 Å². The molecule has 0 radical (unpaired) electrons. The van der Waals surface area contributed by atoms with Crippen molar-refractivity contribution in [3.63, 3.8) is 0 Å². The zero-order valence-electron chi connectivity index (χ0n) is 9.71. The Morgan fingerprint density at radius 1 is 1.58 bits per heavy atom. The zero-order chi connectivity index (χ0) is 13.8. The van der Waals surface area contributed by atoms with Gasteiger partial charge in [-0.2, -0.15) is 5.10 Å². The summed E-state index contributed by atoms with van der Waals surface area (Å²) in [7, 11) is 0. The van der Waals surface area contributed by atoms with E-state index in [0.717, 1.165) is 0 Å². The van der Waals surface area contributed by atoms with Crippen LogP contribution < -0.4 is 5.32 Å². The summed E-state index contributed by atoms with van der Waals surface area (Å²) >= 11 is 0. The molecule has 0 aliphatic carbocycles. The van der Waals surface area contributed by atoms with Gasteiger partial charge in [0.05, 0.1) is 10.9 Å². The van der Waals surface area contributed by atoms with Gasteiger partial charge in [-0.05, 0) is 6.07 Å². The molecule has 1 amide bonds. The van der Waals surface area contributed by atoms with Gasteiger partial charge in [0.1, 0.15) is 12.4 Å². The van der Waals surface area contributed by atoms with E-state index >= 15 is 0 Å². The molecule has 0 atom stereocenters. The second-order valence-corrected chi connectivity index (χ2v) is 3.51.